The largest absolute Gasteiger partial charge is 0.485 e. The standard InChI is InChI=1S/C25H26ClFN4O2/c1-30(2)21-9-10-31(14-21)25(32)17-5-3-16(4-6-17)19-11-23(24(28)29-13-19)33-15-18-7-8-20(27)12-22(18)26/h3-8,11-13,21H,9-10,14-15H2,1-2H3,(H2,28,29)/t21-/m0/s1. The summed E-state index contributed by atoms with van der Waals surface area (Å²) in [6, 6.07) is 13.8. The number of halogens is 2. The Labute approximate surface area is 197 Å². The Hall–Kier alpha value is -3.16. The number of hydrogen-bond donors (Lipinski definition) is 1. The number of nitrogens with zero attached hydrogens (tertiary/aromatic N) is 3. The van der Waals surface area contributed by atoms with Crippen molar-refractivity contribution in [3.8, 4) is 16.9 Å². The molecule has 172 valence electrons. The third-order valence-corrected chi connectivity index (χ3v) is 6.28. The van der Waals surface area contributed by atoms with Crippen LogP contribution in [0.25, 0.3) is 11.1 Å². The van der Waals surface area contributed by atoms with Crippen LogP contribution in [0.4, 0.5) is 10.2 Å². The zero-order valence-electron chi connectivity index (χ0n) is 18.6. The van der Waals surface area contributed by atoms with Gasteiger partial charge in [-0.15, -0.1) is 0 Å². The van der Waals surface area contributed by atoms with Crippen LogP contribution >= 0.6 is 11.6 Å². The van der Waals surface area contributed by atoms with E-state index in [9.17, 15) is 9.18 Å². The summed E-state index contributed by atoms with van der Waals surface area (Å²) in [4.78, 5) is 21.1. The molecule has 0 radical (unpaired) electrons. The van der Waals surface area contributed by atoms with Crippen LogP contribution in [-0.2, 0) is 6.61 Å². The van der Waals surface area contributed by atoms with Gasteiger partial charge in [-0.25, -0.2) is 9.37 Å². The molecule has 1 aromatic heterocycles. The Morgan fingerprint density at radius 1 is 1.21 bits per heavy atom. The molecule has 6 nitrogen and oxygen atoms in total. The molecule has 4 rings (SSSR count). The lowest BCUT2D eigenvalue weighted by Crippen LogP contribution is -2.34. The number of ether oxygens (including phenoxy) is 1. The van der Waals surface area contributed by atoms with Gasteiger partial charge in [0.25, 0.3) is 5.91 Å². The van der Waals surface area contributed by atoms with Crippen LogP contribution in [0.2, 0.25) is 5.02 Å². The van der Waals surface area contributed by atoms with Crippen molar-refractivity contribution in [2.24, 2.45) is 0 Å². The summed E-state index contributed by atoms with van der Waals surface area (Å²) in [7, 11) is 4.08. The maximum absolute atomic E-state index is 13.2. The van der Waals surface area contributed by atoms with Crippen LogP contribution in [0, 0.1) is 5.82 Å². The van der Waals surface area contributed by atoms with Crippen molar-refractivity contribution in [1.82, 2.24) is 14.8 Å². The first-order valence-electron chi connectivity index (χ1n) is 10.7. The summed E-state index contributed by atoms with van der Waals surface area (Å²) in [6.07, 6.45) is 2.64. The molecule has 1 aliphatic heterocycles. The maximum atomic E-state index is 13.2. The fraction of sp³-hybridized carbons (Fsp3) is 0.280. The highest BCUT2D eigenvalue weighted by atomic mass is 35.5. The molecule has 8 heteroatoms. The van der Waals surface area contributed by atoms with Gasteiger partial charge in [-0.2, -0.15) is 0 Å². The molecular formula is C25H26ClFN4O2. The molecule has 1 saturated heterocycles. The third-order valence-electron chi connectivity index (χ3n) is 5.93. The molecule has 1 aliphatic rings. The van der Waals surface area contributed by atoms with Crippen LogP contribution in [0.5, 0.6) is 5.75 Å². The number of hydrogen-bond acceptors (Lipinski definition) is 5. The van der Waals surface area contributed by atoms with Gasteiger partial charge < -0.3 is 20.3 Å². The summed E-state index contributed by atoms with van der Waals surface area (Å²) in [5.74, 6) is 0.283. The zero-order chi connectivity index (χ0) is 23.5. The van der Waals surface area contributed by atoms with E-state index in [1.165, 1.54) is 12.1 Å². The number of likely N-dealkylation sites (tertiary alicyclic amines) is 1. The Balaban J connectivity index is 1.46. The van der Waals surface area contributed by atoms with E-state index in [0.29, 0.717) is 22.9 Å². The molecule has 0 spiro atoms. The van der Waals surface area contributed by atoms with Gasteiger partial charge in [0.2, 0.25) is 0 Å². The number of amides is 1. The second kappa shape index (κ2) is 9.77. The average molecular weight is 469 g/mol. The first-order chi connectivity index (χ1) is 15.8. The molecule has 0 saturated carbocycles. The lowest BCUT2D eigenvalue weighted by molar-refractivity contribution is 0.0783. The molecular weight excluding hydrogens is 443 g/mol. The minimum absolute atomic E-state index is 0.0431. The lowest BCUT2D eigenvalue weighted by atomic mass is 10.0. The number of benzene rings is 2. The summed E-state index contributed by atoms with van der Waals surface area (Å²) < 4.78 is 19.1. The maximum Gasteiger partial charge on any atom is 0.253 e. The highest BCUT2D eigenvalue weighted by Gasteiger charge is 2.28. The minimum Gasteiger partial charge on any atom is -0.485 e. The van der Waals surface area contributed by atoms with Crippen LogP contribution in [-0.4, -0.2) is 53.9 Å². The van der Waals surface area contributed by atoms with Crippen molar-refractivity contribution in [2.75, 3.05) is 32.9 Å². The molecule has 1 amide bonds. The molecule has 0 unspecified atom stereocenters. The Morgan fingerprint density at radius 2 is 1.97 bits per heavy atom. The number of nitrogen functional groups attached to an aromatic ring is 1. The number of anilines is 1. The van der Waals surface area contributed by atoms with Gasteiger partial charge in [0.15, 0.2) is 11.6 Å². The average Bonchev–Trinajstić information content (AvgIpc) is 3.30. The number of carbonyl (C=O) groups excluding carboxylic acids is 1. The van der Waals surface area contributed by atoms with Gasteiger partial charge >= 0.3 is 0 Å². The Bertz CT molecular complexity index is 1150. The zero-order valence-corrected chi connectivity index (χ0v) is 19.3. The summed E-state index contributed by atoms with van der Waals surface area (Å²) >= 11 is 6.07. The van der Waals surface area contributed by atoms with Crippen molar-refractivity contribution in [2.45, 2.75) is 19.1 Å². The number of carbonyl (C=O) groups is 1. The molecule has 1 atom stereocenters. The highest BCUT2D eigenvalue weighted by Crippen LogP contribution is 2.29. The van der Waals surface area contributed by atoms with Gasteiger partial charge in [-0.1, -0.05) is 29.8 Å². The smallest absolute Gasteiger partial charge is 0.253 e. The van der Waals surface area contributed by atoms with Gasteiger partial charge in [0.05, 0.1) is 5.02 Å². The van der Waals surface area contributed by atoms with Crippen molar-refractivity contribution < 1.29 is 13.9 Å². The normalized spacial score (nSPS) is 15.8. The molecule has 1 fully saturated rings. The molecule has 0 bridgehead atoms. The second-order valence-electron chi connectivity index (χ2n) is 8.37. The number of likely N-dealkylation sites (N-methyl/N-ethyl adjacent to an activating group) is 1. The number of rotatable bonds is 6. The molecule has 3 aromatic rings. The molecule has 2 heterocycles. The van der Waals surface area contributed by atoms with E-state index in [1.807, 2.05) is 43.3 Å². The van der Waals surface area contributed by atoms with E-state index in [-0.39, 0.29) is 23.4 Å². The quantitative estimate of drug-likeness (QED) is 0.577. The van der Waals surface area contributed by atoms with Crippen molar-refractivity contribution in [3.05, 3.63) is 76.7 Å². The predicted octanol–water partition coefficient (Wildman–Crippen LogP) is 4.48. The fourth-order valence-corrected chi connectivity index (χ4v) is 4.08. The SMILES string of the molecule is CN(C)[C@H]1CCN(C(=O)c2ccc(-c3cnc(N)c(OCc4ccc(F)cc4Cl)c3)cc2)C1. The third kappa shape index (κ3) is 5.26. The van der Waals surface area contributed by atoms with E-state index < -0.39 is 5.82 Å². The van der Waals surface area contributed by atoms with Gasteiger partial charge in [-0.05, 0) is 56.4 Å². The summed E-state index contributed by atoms with van der Waals surface area (Å²) in [6.45, 7) is 1.64. The van der Waals surface area contributed by atoms with Gasteiger partial charge in [-0.3, -0.25) is 4.79 Å². The first kappa shape index (κ1) is 23.0. The Morgan fingerprint density at radius 3 is 2.64 bits per heavy atom. The topological polar surface area (TPSA) is 71.7 Å². The summed E-state index contributed by atoms with van der Waals surface area (Å²) in [5, 5.41) is 0.285. The Kier molecular flexibility index (Phi) is 6.81. The first-order valence-corrected chi connectivity index (χ1v) is 11.1. The number of nitrogens with two attached hydrogens (primary N) is 1. The number of aromatic nitrogens is 1. The van der Waals surface area contributed by atoms with E-state index in [0.717, 1.165) is 30.6 Å². The van der Waals surface area contributed by atoms with Crippen LogP contribution < -0.4 is 10.5 Å². The van der Waals surface area contributed by atoms with Crippen LogP contribution in [0.15, 0.2) is 54.7 Å². The molecule has 2 N–H and O–H groups in total. The second-order valence-corrected chi connectivity index (χ2v) is 8.77. The van der Waals surface area contributed by atoms with Gasteiger partial charge in [0.1, 0.15) is 12.4 Å². The van der Waals surface area contributed by atoms with E-state index in [4.69, 9.17) is 22.1 Å². The molecule has 0 aliphatic carbocycles. The lowest BCUT2D eigenvalue weighted by Gasteiger charge is -2.20. The molecule has 33 heavy (non-hydrogen) atoms. The predicted molar refractivity (Wildman–Crippen MR) is 128 cm³/mol. The van der Waals surface area contributed by atoms with Crippen molar-refractivity contribution >= 4 is 23.3 Å². The molecule has 2 aromatic carbocycles. The van der Waals surface area contributed by atoms with Crippen LogP contribution in [0.1, 0.15) is 22.3 Å². The summed E-state index contributed by atoms with van der Waals surface area (Å²) in [5.41, 5.74) is 8.96. The van der Waals surface area contributed by atoms with Crippen LogP contribution in [0.3, 0.4) is 0 Å². The monoisotopic (exact) mass is 468 g/mol. The van der Waals surface area contributed by atoms with E-state index >= 15 is 0 Å². The fourth-order valence-electron chi connectivity index (χ4n) is 3.86. The van der Waals surface area contributed by atoms with Crippen molar-refractivity contribution in [3.63, 3.8) is 0 Å². The highest BCUT2D eigenvalue weighted by molar-refractivity contribution is 6.31. The number of pyridine rings is 1. The van der Waals surface area contributed by atoms with E-state index in [2.05, 4.69) is 9.88 Å². The minimum atomic E-state index is -0.406. The van der Waals surface area contributed by atoms with E-state index in [1.54, 1.807) is 18.3 Å². The van der Waals surface area contributed by atoms with Crippen molar-refractivity contribution in [1.29, 1.82) is 0 Å². The van der Waals surface area contributed by atoms with Gasteiger partial charge in [0, 0.05) is 42.0 Å².